The van der Waals surface area contributed by atoms with Crippen LogP contribution in [0.5, 0.6) is 0 Å². The Bertz CT molecular complexity index is 1260. The zero-order valence-electron chi connectivity index (χ0n) is 22.6. The van der Waals surface area contributed by atoms with Crippen LogP contribution < -0.4 is 16.0 Å². The van der Waals surface area contributed by atoms with Crippen LogP contribution in [0.4, 0.5) is 16.6 Å². The van der Waals surface area contributed by atoms with Crippen LogP contribution in [-0.4, -0.2) is 64.5 Å². The summed E-state index contributed by atoms with van der Waals surface area (Å²) in [5.41, 5.74) is 3.17. The van der Waals surface area contributed by atoms with E-state index < -0.39 is 6.09 Å². The van der Waals surface area contributed by atoms with Crippen molar-refractivity contribution in [3.63, 3.8) is 0 Å². The summed E-state index contributed by atoms with van der Waals surface area (Å²) in [7, 11) is 3.08. The van der Waals surface area contributed by atoms with Crippen molar-refractivity contribution in [2.75, 3.05) is 31.4 Å². The lowest BCUT2D eigenvalue weighted by atomic mass is 9.86. The Morgan fingerprint density at radius 2 is 1.97 bits per heavy atom. The number of nitrogens with zero attached hydrogens (tertiary/aromatic N) is 4. The number of anilines is 2. The Balaban J connectivity index is 1.64. The van der Waals surface area contributed by atoms with Crippen LogP contribution in [0.15, 0.2) is 12.3 Å². The molecule has 3 heterocycles. The number of amides is 1. The molecule has 0 radical (unpaired) electrons. The first-order valence-corrected chi connectivity index (χ1v) is 13.4. The van der Waals surface area contributed by atoms with Gasteiger partial charge in [-0.05, 0) is 65.9 Å². The molecule has 3 unspecified atom stereocenters. The molecule has 1 aliphatic carbocycles. The van der Waals surface area contributed by atoms with Gasteiger partial charge in [-0.1, -0.05) is 0 Å². The molecule has 3 atom stereocenters. The van der Waals surface area contributed by atoms with E-state index in [1.807, 2.05) is 46.9 Å². The predicted octanol–water partition coefficient (Wildman–Crippen LogP) is 4.93. The van der Waals surface area contributed by atoms with Crippen molar-refractivity contribution in [3.05, 3.63) is 23.7 Å². The molecule has 0 aliphatic heterocycles. The Labute approximate surface area is 222 Å². The lowest BCUT2D eigenvalue weighted by Crippen LogP contribution is -2.48. The van der Waals surface area contributed by atoms with Gasteiger partial charge in [-0.15, -0.1) is 11.3 Å². The van der Waals surface area contributed by atoms with Gasteiger partial charge in [-0.2, -0.15) is 4.98 Å². The third-order valence-corrected chi connectivity index (χ3v) is 8.19. The van der Waals surface area contributed by atoms with E-state index >= 15 is 0 Å². The fourth-order valence-corrected chi connectivity index (χ4v) is 5.91. The zero-order chi connectivity index (χ0) is 26.7. The topological polar surface area (TPSA) is 123 Å². The zero-order valence-corrected chi connectivity index (χ0v) is 23.5. The van der Waals surface area contributed by atoms with Gasteiger partial charge in [0.1, 0.15) is 16.3 Å². The van der Waals surface area contributed by atoms with Gasteiger partial charge in [0.25, 0.3) is 0 Å². The molecule has 200 valence electrons. The SMILES string of the molecule is COC(=O)NC(C)(C)C1CCC(Nc2nc(NCC(C)OC)nc(C)c2-c2nc3c(C)nccc3s2)C1. The van der Waals surface area contributed by atoms with Crippen LogP contribution in [0.25, 0.3) is 20.8 Å². The number of carbonyl (C=O) groups is 1. The number of aromatic nitrogens is 4. The number of ether oxygens (including phenoxy) is 2. The number of hydrogen-bond donors (Lipinski definition) is 3. The second-order valence-corrected chi connectivity index (χ2v) is 11.3. The van der Waals surface area contributed by atoms with Gasteiger partial charge in [0.15, 0.2) is 0 Å². The summed E-state index contributed by atoms with van der Waals surface area (Å²) in [5.74, 6) is 1.61. The van der Waals surface area contributed by atoms with Gasteiger partial charge in [-0.25, -0.2) is 14.8 Å². The maximum Gasteiger partial charge on any atom is 0.407 e. The van der Waals surface area contributed by atoms with Crippen LogP contribution in [0.3, 0.4) is 0 Å². The van der Waals surface area contributed by atoms with Crippen LogP contribution in [0.1, 0.15) is 51.4 Å². The largest absolute Gasteiger partial charge is 0.453 e. The average Bonchev–Trinajstić information content (AvgIpc) is 3.50. The molecule has 37 heavy (non-hydrogen) atoms. The normalized spacial score (nSPS) is 18.6. The summed E-state index contributed by atoms with van der Waals surface area (Å²) in [6, 6.07) is 2.19. The van der Waals surface area contributed by atoms with Gasteiger partial charge in [-0.3, -0.25) is 4.98 Å². The van der Waals surface area contributed by atoms with Crippen molar-refractivity contribution >= 4 is 39.4 Å². The number of methoxy groups -OCH3 is 2. The van der Waals surface area contributed by atoms with E-state index in [9.17, 15) is 4.79 Å². The Morgan fingerprint density at radius 1 is 1.19 bits per heavy atom. The number of thiazole rings is 1. The molecule has 1 aliphatic rings. The molecule has 0 saturated heterocycles. The highest BCUT2D eigenvalue weighted by Crippen LogP contribution is 2.40. The van der Waals surface area contributed by atoms with Crippen molar-refractivity contribution in [3.8, 4) is 10.6 Å². The monoisotopic (exact) mass is 527 g/mol. The summed E-state index contributed by atoms with van der Waals surface area (Å²) in [6.07, 6.45) is 4.28. The molecule has 1 fully saturated rings. The van der Waals surface area contributed by atoms with Crippen molar-refractivity contribution in [1.82, 2.24) is 25.3 Å². The lowest BCUT2D eigenvalue weighted by molar-refractivity contribution is 0.128. The van der Waals surface area contributed by atoms with E-state index in [4.69, 9.17) is 24.4 Å². The van der Waals surface area contributed by atoms with Crippen LogP contribution in [-0.2, 0) is 9.47 Å². The van der Waals surface area contributed by atoms with Gasteiger partial charge in [0.2, 0.25) is 5.95 Å². The molecule has 11 heteroatoms. The Kier molecular flexibility index (Phi) is 8.13. The number of hydrogen-bond acceptors (Lipinski definition) is 10. The standard InChI is InChI=1S/C26H37N7O3S/c1-14(35-6)13-28-24-29-15(2)20(23-31-21-16(3)27-11-10-19(21)37-23)22(32-24)30-18-9-8-17(12-18)26(4,5)33-25(34)36-7/h10-11,14,17-18H,8-9,12-13H2,1-7H3,(H,33,34)(H2,28,29,30,32). The number of aryl methyl sites for hydroxylation is 2. The second kappa shape index (κ2) is 11.1. The van der Waals surface area contributed by atoms with Gasteiger partial charge >= 0.3 is 6.09 Å². The summed E-state index contributed by atoms with van der Waals surface area (Å²) in [4.78, 5) is 30.8. The van der Waals surface area contributed by atoms with Crippen LogP contribution >= 0.6 is 11.3 Å². The second-order valence-electron chi connectivity index (χ2n) is 10.2. The third-order valence-electron chi connectivity index (χ3n) is 7.15. The number of carbonyl (C=O) groups excluding carboxylic acids is 1. The van der Waals surface area contributed by atoms with E-state index in [1.165, 1.54) is 7.11 Å². The molecule has 4 rings (SSSR count). The number of rotatable bonds is 9. The maximum atomic E-state index is 11.9. The fourth-order valence-electron chi connectivity index (χ4n) is 4.80. The smallest absolute Gasteiger partial charge is 0.407 e. The molecule has 0 bridgehead atoms. The molecule has 1 saturated carbocycles. The summed E-state index contributed by atoms with van der Waals surface area (Å²) in [5, 5.41) is 10.9. The molecule has 3 aromatic heterocycles. The van der Waals surface area contributed by atoms with Crippen molar-refractivity contribution < 1.29 is 14.3 Å². The van der Waals surface area contributed by atoms with E-state index in [0.717, 1.165) is 57.3 Å². The first kappa shape index (κ1) is 27.0. The highest BCUT2D eigenvalue weighted by atomic mass is 32.1. The van der Waals surface area contributed by atoms with Crippen molar-refractivity contribution in [2.45, 2.75) is 71.6 Å². The maximum absolute atomic E-state index is 11.9. The molecular formula is C26H37N7O3S. The van der Waals surface area contributed by atoms with Crippen molar-refractivity contribution in [1.29, 1.82) is 0 Å². The molecule has 1 amide bonds. The lowest BCUT2D eigenvalue weighted by Gasteiger charge is -2.32. The molecular weight excluding hydrogens is 490 g/mol. The van der Waals surface area contributed by atoms with E-state index in [-0.39, 0.29) is 17.7 Å². The highest BCUT2D eigenvalue weighted by molar-refractivity contribution is 7.21. The molecule has 10 nitrogen and oxygen atoms in total. The number of alkyl carbamates (subject to hydrolysis) is 1. The number of fused-ring (bicyclic) bond motifs is 1. The Hall–Kier alpha value is -3.05. The minimum Gasteiger partial charge on any atom is -0.453 e. The predicted molar refractivity (Wildman–Crippen MR) is 147 cm³/mol. The first-order valence-electron chi connectivity index (χ1n) is 12.6. The van der Waals surface area contributed by atoms with Crippen LogP contribution in [0.2, 0.25) is 0 Å². The summed E-state index contributed by atoms with van der Waals surface area (Å²) >= 11 is 1.62. The van der Waals surface area contributed by atoms with E-state index in [1.54, 1.807) is 18.4 Å². The average molecular weight is 528 g/mol. The minimum absolute atomic E-state index is 0.0276. The fraction of sp³-hybridized carbons (Fsp3) is 0.577. The molecule has 0 spiro atoms. The van der Waals surface area contributed by atoms with E-state index in [0.29, 0.717) is 18.4 Å². The summed E-state index contributed by atoms with van der Waals surface area (Å²) in [6.45, 7) is 10.7. The number of nitrogens with one attached hydrogen (secondary N) is 3. The van der Waals surface area contributed by atoms with Gasteiger partial charge in [0.05, 0.1) is 34.9 Å². The van der Waals surface area contributed by atoms with Gasteiger partial charge in [0, 0.05) is 31.4 Å². The summed E-state index contributed by atoms with van der Waals surface area (Å²) < 4.78 is 11.3. The van der Waals surface area contributed by atoms with Gasteiger partial charge < -0.3 is 25.4 Å². The Morgan fingerprint density at radius 3 is 2.68 bits per heavy atom. The van der Waals surface area contributed by atoms with Crippen LogP contribution in [0, 0.1) is 19.8 Å². The van der Waals surface area contributed by atoms with Crippen molar-refractivity contribution in [2.24, 2.45) is 5.92 Å². The van der Waals surface area contributed by atoms with E-state index in [2.05, 4.69) is 20.9 Å². The quantitative estimate of drug-likeness (QED) is 0.355. The third kappa shape index (κ3) is 6.10. The molecule has 0 aromatic carbocycles. The molecule has 3 aromatic rings. The number of pyridine rings is 1. The minimum atomic E-state index is -0.406. The highest BCUT2D eigenvalue weighted by Gasteiger charge is 2.38. The first-order chi connectivity index (χ1) is 17.6. The molecule has 3 N–H and O–H groups in total.